The van der Waals surface area contributed by atoms with Crippen molar-refractivity contribution in [2.45, 2.75) is 19.4 Å². The largest absolute Gasteiger partial charge is 0.335 e. The Morgan fingerprint density at radius 1 is 1.38 bits per heavy atom. The maximum atomic E-state index is 11.7. The van der Waals surface area contributed by atoms with E-state index in [-0.39, 0.29) is 11.9 Å². The fraction of sp³-hybridized carbons (Fsp3) is 0.364. The van der Waals surface area contributed by atoms with E-state index in [0.717, 1.165) is 12.0 Å². The molecule has 13 heavy (non-hydrogen) atoms. The van der Waals surface area contributed by atoms with Crippen molar-refractivity contribution in [1.29, 1.82) is 0 Å². The molecule has 1 unspecified atom stereocenters. The van der Waals surface area contributed by atoms with E-state index < -0.39 is 0 Å². The molecule has 1 aliphatic rings. The first-order valence-corrected chi connectivity index (χ1v) is 4.61. The number of fused-ring (bicyclic) bond motifs is 1. The maximum Gasteiger partial charge on any atom is 0.254 e. The zero-order chi connectivity index (χ0) is 9.42. The molecular weight excluding hydrogens is 162 g/mol. The Balaban J connectivity index is 2.53. The van der Waals surface area contributed by atoms with Gasteiger partial charge in [0.1, 0.15) is 0 Å². The Kier molecular flexibility index (Phi) is 1.83. The van der Waals surface area contributed by atoms with E-state index in [4.69, 9.17) is 0 Å². The van der Waals surface area contributed by atoms with Gasteiger partial charge in [-0.1, -0.05) is 25.1 Å². The minimum absolute atomic E-state index is 0.155. The molecule has 1 aromatic carbocycles. The van der Waals surface area contributed by atoms with Crippen LogP contribution in [0.25, 0.3) is 0 Å². The molecule has 2 nitrogen and oxygen atoms in total. The number of carbonyl (C=O) groups excluding carboxylic acids is 1. The van der Waals surface area contributed by atoms with Gasteiger partial charge >= 0.3 is 0 Å². The van der Waals surface area contributed by atoms with Crippen molar-refractivity contribution < 1.29 is 4.79 Å². The third kappa shape index (κ3) is 1.05. The van der Waals surface area contributed by atoms with Crippen LogP contribution in [0, 0.1) is 0 Å². The van der Waals surface area contributed by atoms with Crippen LogP contribution in [0.3, 0.4) is 0 Å². The predicted molar refractivity (Wildman–Crippen MR) is 51.6 cm³/mol. The molecule has 0 saturated heterocycles. The zero-order valence-corrected chi connectivity index (χ0v) is 7.95. The molecule has 0 N–H and O–H groups in total. The van der Waals surface area contributed by atoms with Gasteiger partial charge in [-0.25, -0.2) is 0 Å². The van der Waals surface area contributed by atoms with Gasteiger partial charge in [-0.05, 0) is 18.1 Å². The van der Waals surface area contributed by atoms with Crippen molar-refractivity contribution in [2.75, 3.05) is 7.05 Å². The molecular formula is C11H13NO. The fourth-order valence-corrected chi connectivity index (χ4v) is 2.02. The van der Waals surface area contributed by atoms with E-state index in [1.807, 2.05) is 36.2 Å². The van der Waals surface area contributed by atoms with Crippen LogP contribution in [0.5, 0.6) is 0 Å². The van der Waals surface area contributed by atoms with Gasteiger partial charge in [0.25, 0.3) is 5.91 Å². The highest BCUT2D eigenvalue weighted by atomic mass is 16.2. The summed E-state index contributed by atoms with van der Waals surface area (Å²) in [6.07, 6.45) is 0.985. The lowest BCUT2D eigenvalue weighted by atomic mass is 10.0. The molecule has 0 spiro atoms. The summed E-state index contributed by atoms with van der Waals surface area (Å²) in [7, 11) is 1.87. The third-order valence-electron chi connectivity index (χ3n) is 2.72. The minimum Gasteiger partial charge on any atom is -0.335 e. The number of amides is 1. The molecule has 0 fully saturated rings. The molecule has 1 aliphatic heterocycles. The molecule has 0 bridgehead atoms. The Labute approximate surface area is 78.2 Å². The third-order valence-corrected chi connectivity index (χ3v) is 2.72. The Morgan fingerprint density at radius 3 is 2.77 bits per heavy atom. The van der Waals surface area contributed by atoms with Gasteiger partial charge in [-0.3, -0.25) is 4.79 Å². The molecule has 2 heteroatoms. The van der Waals surface area contributed by atoms with Gasteiger partial charge in [0, 0.05) is 12.6 Å². The van der Waals surface area contributed by atoms with Gasteiger partial charge < -0.3 is 4.90 Å². The number of rotatable bonds is 1. The van der Waals surface area contributed by atoms with Crippen LogP contribution in [-0.2, 0) is 0 Å². The summed E-state index contributed by atoms with van der Waals surface area (Å²) < 4.78 is 0. The number of hydrogen-bond donors (Lipinski definition) is 0. The van der Waals surface area contributed by atoms with E-state index in [1.54, 1.807) is 0 Å². The van der Waals surface area contributed by atoms with E-state index in [0.29, 0.717) is 0 Å². The molecule has 0 radical (unpaired) electrons. The summed E-state index contributed by atoms with van der Waals surface area (Å²) in [5, 5.41) is 0. The van der Waals surface area contributed by atoms with Gasteiger partial charge in [-0.15, -0.1) is 0 Å². The molecule has 2 rings (SSSR count). The van der Waals surface area contributed by atoms with Gasteiger partial charge in [-0.2, -0.15) is 0 Å². The molecule has 0 aliphatic carbocycles. The number of hydrogen-bond acceptors (Lipinski definition) is 1. The average Bonchev–Trinajstić information content (AvgIpc) is 2.41. The molecule has 1 atom stereocenters. The minimum atomic E-state index is 0.155. The number of nitrogens with zero attached hydrogens (tertiary/aromatic N) is 1. The van der Waals surface area contributed by atoms with Crippen LogP contribution in [0.15, 0.2) is 24.3 Å². The zero-order valence-electron chi connectivity index (χ0n) is 7.95. The Hall–Kier alpha value is -1.31. The maximum absolute atomic E-state index is 11.7. The smallest absolute Gasteiger partial charge is 0.254 e. The predicted octanol–water partition coefficient (Wildman–Crippen LogP) is 2.22. The monoisotopic (exact) mass is 175 g/mol. The molecule has 0 aromatic heterocycles. The van der Waals surface area contributed by atoms with Crippen LogP contribution < -0.4 is 0 Å². The van der Waals surface area contributed by atoms with Crippen molar-refractivity contribution in [1.82, 2.24) is 4.90 Å². The van der Waals surface area contributed by atoms with Gasteiger partial charge in [0.05, 0.1) is 6.04 Å². The second kappa shape index (κ2) is 2.87. The van der Waals surface area contributed by atoms with Gasteiger partial charge in [0.15, 0.2) is 0 Å². The molecule has 1 aromatic rings. The first-order chi connectivity index (χ1) is 6.25. The van der Waals surface area contributed by atoms with Crippen LogP contribution in [0.4, 0.5) is 0 Å². The summed E-state index contributed by atoms with van der Waals surface area (Å²) in [4.78, 5) is 13.5. The summed E-state index contributed by atoms with van der Waals surface area (Å²) in [6, 6.07) is 8.15. The highest BCUT2D eigenvalue weighted by molar-refractivity contribution is 5.98. The lowest BCUT2D eigenvalue weighted by molar-refractivity contribution is 0.0771. The molecule has 0 saturated carbocycles. The van der Waals surface area contributed by atoms with Crippen LogP contribution in [-0.4, -0.2) is 17.9 Å². The van der Waals surface area contributed by atoms with E-state index in [1.165, 1.54) is 5.56 Å². The lowest BCUT2D eigenvalue weighted by Gasteiger charge is -2.18. The topological polar surface area (TPSA) is 20.3 Å². The Bertz CT molecular complexity index is 346. The van der Waals surface area contributed by atoms with Crippen molar-refractivity contribution >= 4 is 5.91 Å². The summed E-state index contributed by atoms with van der Waals surface area (Å²) in [5.74, 6) is 0.155. The number of carbonyl (C=O) groups is 1. The summed E-state index contributed by atoms with van der Waals surface area (Å²) in [6.45, 7) is 2.11. The molecule has 1 amide bonds. The van der Waals surface area contributed by atoms with Gasteiger partial charge in [0.2, 0.25) is 0 Å². The average molecular weight is 175 g/mol. The second-order valence-corrected chi connectivity index (χ2v) is 3.43. The highest BCUT2D eigenvalue weighted by Crippen LogP contribution is 2.33. The standard InChI is InChI=1S/C11H13NO/c1-3-10-8-6-4-5-7-9(8)11(13)12(10)2/h4-7,10H,3H2,1-2H3. The van der Waals surface area contributed by atoms with Crippen LogP contribution in [0.2, 0.25) is 0 Å². The van der Waals surface area contributed by atoms with E-state index >= 15 is 0 Å². The quantitative estimate of drug-likeness (QED) is 0.641. The second-order valence-electron chi connectivity index (χ2n) is 3.43. The van der Waals surface area contributed by atoms with Crippen molar-refractivity contribution in [2.24, 2.45) is 0 Å². The van der Waals surface area contributed by atoms with Crippen molar-refractivity contribution in [3.05, 3.63) is 35.4 Å². The Morgan fingerprint density at radius 2 is 2.08 bits per heavy atom. The van der Waals surface area contributed by atoms with Crippen molar-refractivity contribution in [3.63, 3.8) is 0 Å². The molecule has 1 heterocycles. The summed E-state index contributed by atoms with van der Waals surface area (Å²) in [5.41, 5.74) is 2.05. The highest BCUT2D eigenvalue weighted by Gasteiger charge is 2.31. The van der Waals surface area contributed by atoms with E-state index in [9.17, 15) is 4.79 Å². The first-order valence-electron chi connectivity index (χ1n) is 4.61. The summed E-state index contributed by atoms with van der Waals surface area (Å²) >= 11 is 0. The molecule has 68 valence electrons. The SMILES string of the molecule is CCC1c2ccccc2C(=O)N1C. The van der Waals surface area contributed by atoms with Crippen LogP contribution >= 0.6 is 0 Å². The first kappa shape index (κ1) is 8.30. The van der Waals surface area contributed by atoms with Crippen molar-refractivity contribution in [3.8, 4) is 0 Å². The van der Waals surface area contributed by atoms with E-state index in [2.05, 4.69) is 6.92 Å². The fourth-order valence-electron chi connectivity index (χ4n) is 2.02. The lowest BCUT2D eigenvalue weighted by Crippen LogP contribution is -2.22. The normalized spacial score (nSPS) is 20.6. The van der Waals surface area contributed by atoms with Crippen LogP contribution in [0.1, 0.15) is 35.3 Å². The number of benzene rings is 1.